The van der Waals surface area contributed by atoms with Gasteiger partial charge in [0.15, 0.2) is 10.8 Å². The van der Waals surface area contributed by atoms with Crippen LogP contribution >= 0.6 is 11.3 Å². The second kappa shape index (κ2) is 4.69. The van der Waals surface area contributed by atoms with E-state index in [4.69, 9.17) is 4.42 Å². The second-order valence-electron chi connectivity index (χ2n) is 3.79. The zero-order chi connectivity index (χ0) is 13.2. The molecule has 0 saturated carbocycles. The van der Waals surface area contributed by atoms with Crippen LogP contribution in [0.5, 0.6) is 0 Å². The number of rotatable bonds is 3. The largest absolute Gasteiger partial charge is 0.462 e. The molecular weight excluding hydrogens is 264 g/mol. The third-order valence-corrected chi connectivity index (χ3v) is 3.46. The van der Waals surface area contributed by atoms with E-state index in [1.807, 2.05) is 13.0 Å². The highest BCUT2D eigenvalue weighted by Crippen LogP contribution is 2.28. The number of aromatic amines is 1. The fourth-order valence-corrected chi connectivity index (χ4v) is 2.49. The van der Waals surface area contributed by atoms with Gasteiger partial charge in [-0.1, -0.05) is 0 Å². The topological polar surface area (TPSA) is 83.8 Å². The number of hydrogen-bond acceptors (Lipinski definition) is 5. The summed E-state index contributed by atoms with van der Waals surface area (Å²) < 4.78 is 5.27. The van der Waals surface area contributed by atoms with Gasteiger partial charge in [-0.05, 0) is 19.1 Å². The van der Waals surface area contributed by atoms with E-state index in [2.05, 4.69) is 20.3 Å². The van der Waals surface area contributed by atoms with Crippen LogP contribution in [0, 0.1) is 6.92 Å². The molecule has 0 aliphatic rings. The van der Waals surface area contributed by atoms with Crippen LogP contribution in [0.4, 0.5) is 5.95 Å². The van der Waals surface area contributed by atoms with Gasteiger partial charge >= 0.3 is 0 Å². The molecule has 0 radical (unpaired) electrons. The molecule has 3 rings (SSSR count). The minimum atomic E-state index is -0.290. The number of aromatic nitrogens is 3. The van der Waals surface area contributed by atoms with Crippen LogP contribution in [0.25, 0.3) is 10.8 Å². The molecule has 2 N–H and O–H groups in total. The number of carbonyl (C=O) groups excluding carboxylic acids is 1. The molecular formula is C12H10N4O2S. The summed E-state index contributed by atoms with van der Waals surface area (Å²) in [5, 5.41) is 3.33. The lowest BCUT2D eigenvalue weighted by molar-refractivity contribution is 0.102. The number of amides is 1. The maximum absolute atomic E-state index is 12.1. The van der Waals surface area contributed by atoms with Crippen molar-refractivity contribution in [3.8, 4) is 10.8 Å². The number of furan rings is 1. The van der Waals surface area contributed by atoms with E-state index in [-0.39, 0.29) is 5.91 Å². The maximum Gasteiger partial charge on any atom is 0.277 e. The number of nitrogens with zero attached hydrogens (tertiary/aromatic N) is 2. The average Bonchev–Trinajstić information content (AvgIpc) is 3.07. The Balaban J connectivity index is 1.87. The lowest BCUT2D eigenvalue weighted by atomic mass is 10.3. The summed E-state index contributed by atoms with van der Waals surface area (Å²) in [6.07, 6.45) is 4.78. The van der Waals surface area contributed by atoms with E-state index in [9.17, 15) is 4.79 Å². The number of hydrogen-bond donors (Lipinski definition) is 2. The van der Waals surface area contributed by atoms with Gasteiger partial charge in [0.05, 0.1) is 6.26 Å². The van der Waals surface area contributed by atoms with Gasteiger partial charge in [-0.2, -0.15) is 0 Å². The number of anilines is 1. The predicted octanol–water partition coefficient (Wildman–Crippen LogP) is 2.69. The zero-order valence-corrected chi connectivity index (χ0v) is 10.8. The van der Waals surface area contributed by atoms with E-state index in [1.54, 1.807) is 24.7 Å². The number of aryl methyl sites for hydroxylation is 1. The smallest absolute Gasteiger partial charge is 0.277 e. The summed E-state index contributed by atoms with van der Waals surface area (Å²) in [6, 6.07) is 3.60. The Labute approximate surface area is 112 Å². The minimum absolute atomic E-state index is 0.290. The van der Waals surface area contributed by atoms with Crippen LogP contribution in [0.15, 0.2) is 35.2 Å². The normalized spacial score (nSPS) is 10.6. The molecule has 0 atom stereocenters. The Bertz CT molecular complexity index is 685. The van der Waals surface area contributed by atoms with Gasteiger partial charge < -0.3 is 9.40 Å². The molecule has 96 valence electrons. The van der Waals surface area contributed by atoms with Gasteiger partial charge in [0, 0.05) is 17.3 Å². The van der Waals surface area contributed by atoms with Gasteiger partial charge in [-0.3, -0.25) is 10.1 Å². The summed E-state index contributed by atoms with van der Waals surface area (Å²) in [7, 11) is 0. The SMILES string of the molecule is Cc1sc(-c2ccco2)nc1C(=O)Nc1ncc[nH]1. The average molecular weight is 274 g/mol. The summed E-state index contributed by atoms with van der Waals surface area (Å²) in [5.74, 6) is 0.767. The zero-order valence-electron chi connectivity index (χ0n) is 10.0. The number of imidazole rings is 1. The van der Waals surface area contributed by atoms with Crippen LogP contribution in [0.3, 0.4) is 0 Å². The first-order valence-electron chi connectivity index (χ1n) is 5.56. The van der Waals surface area contributed by atoms with Crippen molar-refractivity contribution in [3.05, 3.63) is 41.4 Å². The summed E-state index contributed by atoms with van der Waals surface area (Å²) in [5.41, 5.74) is 0.382. The molecule has 6 nitrogen and oxygen atoms in total. The van der Waals surface area contributed by atoms with Crippen molar-refractivity contribution in [1.82, 2.24) is 15.0 Å². The van der Waals surface area contributed by atoms with Gasteiger partial charge in [0.1, 0.15) is 5.69 Å². The van der Waals surface area contributed by atoms with Crippen molar-refractivity contribution >= 4 is 23.2 Å². The quantitative estimate of drug-likeness (QED) is 0.769. The molecule has 0 spiro atoms. The molecule has 19 heavy (non-hydrogen) atoms. The lowest BCUT2D eigenvalue weighted by Crippen LogP contribution is -2.14. The fourth-order valence-electron chi connectivity index (χ4n) is 1.61. The van der Waals surface area contributed by atoms with Gasteiger partial charge in [0.25, 0.3) is 5.91 Å². The molecule has 1 amide bonds. The fraction of sp³-hybridized carbons (Fsp3) is 0.0833. The molecule has 0 fully saturated rings. The van der Waals surface area contributed by atoms with E-state index >= 15 is 0 Å². The molecule has 0 aliphatic heterocycles. The van der Waals surface area contributed by atoms with Crippen molar-refractivity contribution in [3.63, 3.8) is 0 Å². The lowest BCUT2D eigenvalue weighted by Gasteiger charge is -1.98. The monoisotopic (exact) mass is 274 g/mol. The molecule has 0 aliphatic carbocycles. The minimum Gasteiger partial charge on any atom is -0.462 e. The standard InChI is InChI=1S/C12H10N4O2S/c1-7-9(10(17)16-12-13-4-5-14-12)15-11(19-7)8-3-2-6-18-8/h2-6H,1H3,(H2,13,14,16,17). The first-order chi connectivity index (χ1) is 9.24. The second-order valence-corrected chi connectivity index (χ2v) is 5.00. The van der Waals surface area contributed by atoms with Crippen LogP contribution in [-0.2, 0) is 0 Å². The van der Waals surface area contributed by atoms with Gasteiger partial charge in [-0.25, -0.2) is 9.97 Å². The first kappa shape index (κ1) is 11.7. The molecule has 0 aromatic carbocycles. The van der Waals surface area contributed by atoms with Crippen LogP contribution in [-0.4, -0.2) is 20.9 Å². The van der Waals surface area contributed by atoms with Crippen LogP contribution < -0.4 is 5.32 Å². The molecule has 3 heterocycles. The van der Waals surface area contributed by atoms with Crippen molar-refractivity contribution in [1.29, 1.82) is 0 Å². The molecule has 0 saturated heterocycles. The summed E-state index contributed by atoms with van der Waals surface area (Å²) in [4.78, 5) is 23.9. The van der Waals surface area contributed by atoms with Gasteiger partial charge in [0.2, 0.25) is 5.95 Å². The Morgan fingerprint density at radius 2 is 2.42 bits per heavy atom. The molecule has 3 aromatic heterocycles. The van der Waals surface area contributed by atoms with E-state index in [0.29, 0.717) is 22.4 Å². The van der Waals surface area contributed by atoms with Gasteiger partial charge in [-0.15, -0.1) is 11.3 Å². The molecule has 0 bridgehead atoms. The Morgan fingerprint density at radius 1 is 1.53 bits per heavy atom. The number of nitrogens with one attached hydrogen (secondary N) is 2. The van der Waals surface area contributed by atoms with Crippen molar-refractivity contribution in [2.75, 3.05) is 5.32 Å². The van der Waals surface area contributed by atoms with E-state index in [0.717, 1.165) is 4.88 Å². The van der Waals surface area contributed by atoms with Crippen LogP contribution in [0.1, 0.15) is 15.4 Å². The Morgan fingerprint density at radius 3 is 3.11 bits per heavy atom. The summed E-state index contributed by atoms with van der Waals surface area (Å²) in [6.45, 7) is 1.85. The predicted molar refractivity (Wildman–Crippen MR) is 71.1 cm³/mol. The highest BCUT2D eigenvalue weighted by Gasteiger charge is 2.18. The molecule has 0 unspecified atom stereocenters. The first-order valence-corrected chi connectivity index (χ1v) is 6.38. The van der Waals surface area contributed by atoms with E-state index in [1.165, 1.54) is 11.3 Å². The third-order valence-electron chi connectivity index (χ3n) is 2.47. The summed E-state index contributed by atoms with van der Waals surface area (Å²) >= 11 is 1.42. The van der Waals surface area contributed by atoms with Crippen molar-refractivity contribution < 1.29 is 9.21 Å². The maximum atomic E-state index is 12.1. The highest BCUT2D eigenvalue weighted by molar-refractivity contribution is 7.15. The molecule has 3 aromatic rings. The number of H-pyrrole nitrogens is 1. The van der Waals surface area contributed by atoms with Crippen molar-refractivity contribution in [2.45, 2.75) is 6.92 Å². The van der Waals surface area contributed by atoms with Crippen LogP contribution in [0.2, 0.25) is 0 Å². The number of carbonyl (C=O) groups is 1. The third kappa shape index (κ3) is 2.27. The Kier molecular flexibility index (Phi) is 2.88. The Hall–Kier alpha value is -2.41. The molecule has 7 heteroatoms. The number of thiazole rings is 1. The van der Waals surface area contributed by atoms with Crippen molar-refractivity contribution in [2.24, 2.45) is 0 Å². The highest BCUT2D eigenvalue weighted by atomic mass is 32.1. The van der Waals surface area contributed by atoms with E-state index < -0.39 is 0 Å².